The molecule has 0 saturated heterocycles. The zero-order valence-corrected chi connectivity index (χ0v) is 14.4. The Morgan fingerprint density at radius 2 is 1.93 bits per heavy atom. The molecule has 0 amide bonds. The number of ketones is 1. The van der Waals surface area contributed by atoms with Gasteiger partial charge in [0.2, 0.25) is 5.82 Å². The maximum absolute atomic E-state index is 13.2. The van der Waals surface area contributed by atoms with Gasteiger partial charge in [0.05, 0.1) is 5.02 Å². The fourth-order valence-corrected chi connectivity index (χ4v) is 3.09. The molecule has 1 unspecified atom stereocenters. The van der Waals surface area contributed by atoms with E-state index in [2.05, 4.69) is 14.7 Å². The van der Waals surface area contributed by atoms with Crippen molar-refractivity contribution in [3.8, 4) is 11.4 Å². The zero-order chi connectivity index (χ0) is 20.9. The number of hydrogen-bond donors (Lipinski definition) is 0. The lowest BCUT2D eigenvalue weighted by atomic mass is 9.74. The van der Waals surface area contributed by atoms with Crippen LogP contribution in [0, 0.1) is 5.92 Å². The Balaban J connectivity index is 1.69. The lowest BCUT2D eigenvalue weighted by Crippen LogP contribution is -2.58. The molecule has 1 aliphatic rings. The Bertz CT molecular complexity index is 911. The average molecular weight is 431 g/mol. The number of Topliss-reactive ketones (excluding diaryl/α,β-unsaturated/α-hetero) is 1. The number of hydrogen-bond acceptors (Lipinski definition) is 4. The quantitative estimate of drug-likeness (QED) is 0.453. The molecule has 1 aliphatic carbocycles. The highest BCUT2D eigenvalue weighted by atomic mass is 35.5. The Kier molecular flexibility index (Phi) is 4.93. The van der Waals surface area contributed by atoms with Gasteiger partial charge in [-0.1, -0.05) is 22.8 Å². The van der Waals surface area contributed by atoms with Crippen LogP contribution in [0.15, 0.2) is 22.7 Å². The van der Waals surface area contributed by atoms with E-state index >= 15 is 0 Å². The minimum absolute atomic E-state index is 0.0333. The molecule has 152 valence electrons. The molecule has 1 atom stereocenters. The second-order valence-corrected chi connectivity index (χ2v) is 6.71. The summed E-state index contributed by atoms with van der Waals surface area (Å²) in [6.45, 7) is 0. The van der Waals surface area contributed by atoms with Gasteiger partial charge in [-0.25, -0.2) is 0 Å². The molecular formula is C16H10ClF7N2O2. The largest absolute Gasteiger partial charge is 0.471 e. The number of carbonyl (C=O) groups is 1. The molecule has 0 spiro atoms. The van der Waals surface area contributed by atoms with Gasteiger partial charge in [0, 0.05) is 29.9 Å². The number of halogens is 8. The summed E-state index contributed by atoms with van der Waals surface area (Å²) in [5.74, 6) is -12.5. The Hall–Kier alpha value is -2.17. The van der Waals surface area contributed by atoms with Gasteiger partial charge < -0.3 is 4.52 Å². The molecule has 4 nitrogen and oxygen atoms in total. The van der Waals surface area contributed by atoms with Gasteiger partial charge in [-0.2, -0.15) is 35.7 Å². The van der Waals surface area contributed by atoms with Crippen molar-refractivity contribution in [1.82, 2.24) is 10.1 Å². The molecule has 0 aliphatic heterocycles. The van der Waals surface area contributed by atoms with Crippen molar-refractivity contribution in [2.24, 2.45) is 5.92 Å². The summed E-state index contributed by atoms with van der Waals surface area (Å²) in [6, 6.07) is 3.49. The summed E-state index contributed by atoms with van der Waals surface area (Å²) in [6.07, 6.45) is -6.71. The molecule has 1 heterocycles. The second-order valence-electron chi connectivity index (χ2n) is 6.31. The van der Waals surface area contributed by atoms with Crippen LogP contribution in [0.25, 0.3) is 11.4 Å². The summed E-state index contributed by atoms with van der Waals surface area (Å²) in [5.41, 5.74) is -0.0506. The van der Waals surface area contributed by atoms with Crippen LogP contribution in [0.3, 0.4) is 0 Å². The topological polar surface area (TPSA) is 56.0 Å². The second kappa shape index (κ2) is 6.71. The molecule has 0 radical (unpaired) electrons. The number of carbonyl (C=O) groups excluding carboxylic acids is 1. The molecule has 12 heteroatoms. The molecule has 0 bridgehead atoms. The molecule has 28 heavy (non-hydrogen) atoms. The summed E-state index contributed by atoms with van der Waals surface area (Å²) in [4.78, 5) is 15.3. The van der Waals surface area contributed by atoms with Gasteiger partial charge in [-0.3, -0.25) is 4.79 Å². The average Bonchev–Trinajstić information content (AvgIpc) is 3.08. The van der Waals surface area contributed by atoms with Crippen molar-refractivity contribution in [2.45, 2.75) is 37.3 Å². The molecule has 1 fully saturated rings. The van der Waals surface area contributed by atoms with Crippen molar-refractivity contribution < 1.29 is 40.1 Å². The van der Waals surface area contributed by atoms with E-state index < -0.39 is 60.7 Å². The van der Waals surface area contributed by atoms with E-state index in [1.165, 1.54) is 6.07 Å². The molecule has 1 saturated carbocycles. The van der Waals surface area contributed by atoms with Gasteiger partial charge in [-0.15, -0.1) is 0 Å². The normalized spacial score (nSPS) is 20.6. The minimum atomic E-state index is -4.83. The van der Waals surface area contributed by atoms with E-state index in [9.17, 15) is 35.5 Å². The van der Waals surface area contributed by atoms with E-state index in [4.69, 9.17) is 11.6 Å². The van der Waals surface area contributed by atoms with E-state index in [0.717, 1.165) is 12.1 Å². The third-order valence-electron chi connectivity index (χ3n) is 4.42. The first-order valence-electron chi connectivity index (χ1n) is 7.82. The standard InChI is InChI=1S/C16H10ClF7N2O2/c17-10-5-7(12-25-13(28-26-12)16(22,23)24)1-3-9(10)11(27)4-2-8-6-14(18,19)15(8,20)21/h1,3,5,8H,2,4,6H2. The zero-order valence-electron chi connectivity index (χ0n) is 13.7. The number of benzene rings is 1. The first kappa shape index (κ1) is 20.6. The van der Waals surface area contributed by atoms with Crippen LogP contribution in [0.5, 0.6) is 0 Å². The monoisotopic (exact) mass is 430 g/mol. The SMILES string of the molecule is O=C(CCC1CC(F)(F)C1(F)F)c1ccc(-c2noc(C(F)(F)F)n2)cc1Cl. The number of alkyl halides is 7. The first-order chi connectivity index (χ1) is 12.8. The predicted molar refractivity (Wildman–Crippen MR) is 81.3 cm³/mol. The fourth-order valence-electron chi connectivity index (χ4n) is 2.80. The highest BCUT2D eigenvalue weighted by Gasteiger charge is 2.70. The highest BCUT2D eigenvalue weighted by molar-refractivity contribution is 6.34. The number of rotatable bonds is 5. The van der Waals surface area contributed by atoms with Crippen LogP contribution in [0.1, 0.15) is 35.5 Å². The van der Waals surface area contributed by atoms with Crippen molar-refractivity contribution in [3.63, 3.8) is 0 Å². The molecule has 3 rings (SSSR count). The number of nitrogens with zero attached hydrogens (tertiary/aromatic N) is 2. The van der Waals surface area contributed by atoms with Gasteiger partial charge in [0.25, 0.3) is 0 Å². The van der Waals surface area contributed by atoms with Crippen molar-refractivity contribution in [3.05, 3.63) is 34.7 Å². The summed E-state index contributed by atoms with van der Waals surface area (Å²) >= 11 is 5.94. The summed E-state index contributed by atoms with van der Waals surface area (Å²) < 4.78 is 93.7. The highest BCUT2D eigenvalue weighted by Crippen LogP contribution is 2.56. The van der Waals surface area contributed by atoms with Crippen LogP contribution in [0.4, 0.5) is 30.7 Å². The van der Waals surface area contributed by atoms with Crippen LogP contribution in [-0.2, 0) is 6.18 Å². The molecular weight excluding hydrogens is 421 g/mol. The maximum atomic E-state index is 13.2. The van der Waals surface area contributed by atoms with E-state index in [1.54, 1.807) is 0 Å². The van der Waals surface area contributed by atoms with E-state index in [0.29, 0.717) is 0 Å². The Labute approximate surface area is 157 Å². The number of aromatic nitrogens is 2. The van der Waals surface area contributed by atoms with Crippen LogP contribution >= 0.6 is 11.6 Å². The molecule has 0 N–H and O–H groups in total. The fraction of sp³-hybridized carbons (Fsp3) is 0.438. The van der Waals surface area contributed by atoms with Gasteiger partial charge in [0.1, 0.15) is 0 Å². The lowest BCUT2D eigenvalue weighted by molar-refractivity contribution is -0.314. The van der Waals surface area contributed by atoms with Crippen molar-refractivity contribution in [1.29, 1.82) is 0 Å². The first-order valence-corrected chi connectivity index (χ1v) is 8.20. The smallest absolute Gasteiger partial charge is 0.329 e. The van der Waals surface area contributed by atoms with E-state index in [1.807, 2.05) is 0 Å². The van der Waals surface area contributed by atoms with Crippen molar-refractivity contribution in [2.75, 3.05) is 0 Å². The predicted octanol–water partition coefficient (Wildman–Crippen LogP) is 5.66. The third kappa shape index (κ3) is 3.59. The molecule has 1 aromatic carbocycles. The van der Waals surface area contributed by atoms with Crippen LogP contribution in [0.2, 0.25) is 5.02 Å². The van der Waals surface area contributed by atoms with Crippen LogP contribution in [-0.4, -0.2) is 27.8 Å². The van der Waals surface area contributed by atoms with E-state index in [-0.39, 0.29) is 16.1 Å². The summed E-state index contributed by atoms with van der Waals surface area (Å²) in [5, 5.41) is 3.00. The molecule has 1 aromatic heterocycles. The Morgan fingerprint density at radius 3 is 2.43 bits per heavy atom. The van der Waals surface area contributed by atoms with Gasteiger partial charge in [-0.05, 0) is 18.6 Å². The lowest BCUT2D eigenvalue weighted by Gasteiger charge is -2.43. The Morgan fingerprint density at radius 1 is 1.25 bits per heavy atom. The van der Waals surface area contributed by atoms with Crippen molar-refractivity contribution >= 4 is 17.4 Å². The van der Waals surface area contributed by atoms with Gasteiger partial charge in [0.15, 0.2) is 5.78 Å². The van der Waals surface area contributed by atoms with Crippen LogP contribution < -0.4 is 0 Å². The third-order valence-corrected chi connectivity index (χ3v) is 4.73. The maximum Gasteiger partial charge on any atom is 0.471 e. The van der Waals surface area contributed by atoms with Gasteiger partial charge >= 0.3 is 23.9 Å². The minimum Gasteiger partial charge on any atom is -0.329 e. The summed E-state index contributed by atoms with van der Waals surface area (Å²) in [7, 11) is 0. The molecule has 2 aromatic rings.